The molecular weight excluding hydrogens is 238 g/mol. The zero-order valence-corrected chi connectivity index (χ0v) is 12.0. The van der Waals surface area contributed by atoms with Crippen LogP contribution in [0.15, 0.2) is 24.3 Å². The van der Waals surface area contributed by atoms with Gasteiger partial charge in [-0.3, -0.25) is 0 Å². The molecule has 0 spiro atoms. The molecule has 2 N–H and O–H groups in total. The third kappa shape index (κ3) is 3.14. The van der Waals surface area contributed by atoms with Crippen molar-refractivity contribution in [2.45, 2.75) is 45.9 Å². The molecule has 0 saturated carbocycles. The maximum atomic E-state index is 9.98. The normalized spacial score (nSPS) is 14.7. The summed E-state index contributed by atoms with van der Waals surface area (Å²) < 4.78 is 2.21. The molecule has 0 saturated heterocycles. The van der Waals surface area contributed by atoms with Crippen LogP contribution in [0.25, 0.3) is 11.0 Å². The SMILES string of the molecule is CCn1c(CNCC(C)(O)CC)nc2ccccc21. The topological polar surface area (TPSA) is 50.1 Å². The van der Waals surface area contributed by atoms with E-state index in [0.717, 1.165) is 24.3 Å². The van der Waals surface area contributed by atoms with Gasteiger partial charge in [0.05, 0.1) is 23.2 Å². The highest BCUT2D eigenvalue weighted by molar-refractivity contribution is 5.75. The van der Waals surface area contributed by atoms with E-state index in [4.69, 9.17) is 0 Å². The smallest absolute Gasteiger partial charge is 0.123 e. The average molecular weight is 261 g/mol. The maximum absolute atomic E-state index is 9.98. The van der Waals surface area contributed by atoms with E-state index in [0.29, 0.717) is 13.1 Å². The quantitative estimate of drug-likeness (QED) is 0.839. The number of aliphatic hydroxyl groups is 1. The third-order valence-electron chi connectivity index (χ3n) is 3.60. The summed E-state index contributed by atoms with van der Waals surface area (Å²) in [5.74, 6) is 1.02. The van der Waals surface area contributed by atoms with Crippen LogP contribution >= 0.6 is 0 Å². The Bertz CT molecular complexity index is 545. The summed E-state index contributed by atoms with van der Waals surface area (Å²) >= 11 is 0. The summed E-state index contributed by atoms with van der Waals surface area (Å²) in [7, 11) is 0. The Balaban J connectivity index is 2.12. The highest BCUT2D eigenvalue weighted by atomic mass is 16.3. The first-order valence-corrected chi connectivity index (χ1v) is 6.94. The fourth-order valence-corrected chi connectivity index (χ4v) is 2.18. The third-order valence-corrected chi connectivity index (χ3v) is 3.60. The lowest BCUT2D eigenvalue weighted by atomic mass is 10.0. The van der Waals surface area contributed by atoms with Gasteiger partial charge < -0.3 is 15.0 Å². The Kier molecular flexibility index (Phi) is 4.22. The predicted octanol–water partition coefficient (Wildman–Crippen LogP) is 2.31. The lowest BCUT2D eigenvalue weighted by Gasteiger charge is -2.21. The molecule has 0 amide bonds. The molecule has 0 aliphatic rings. The van der Waals surface area contributed by atoms with Crippen molar-refractivity contribution in [3.63, 3.8) is 0 Å². The van der Waals surface area contributed by atoms with E-state index in [1.807, 2.05) is 32.0 Å². The fraction of sp³-hybridized carbons (Fsp3) is 0.533. The van der Waals surface area contributed by atoms with E-state index in [1.165, 1.54) is 5.52 Å². The van der Waals surface area contributed by atoms with E-state index < -0.39 is 5.60 Å². The lowest BCUT2D eigenvalue weighted by molar-refractivity contribution is 0.0553. The van der Waals surface area contributed by atoms with Gasteiger partial charge in [0.2, 0.25) is 0 Å². The van der Waals surface area contributed by atoms with Gasteiger partial charge in [0, 0.05) is 13.1 Å². The van der Waals surface area contributed by atoms with Gasteiger partial charge in [-0.05, 0) is 32.4 Å². The molecule has 1 atom stereocenters. The molecule has 2 rings (SSSR count). The minimum absolute atomic E-state index is 0.580. The number of nitrogens with one attached hydrogen (secondary N) is 1. The second-order valence-corrected chi connectivity index (χ2v) is 5.22. The molecule has 1 aromatic heterocycles. The van der Waals surface area contributed by atoms with Crippen LogP contribution in [0.2, 0.25) is 0 Å². The van der Waals surface area contributed by atoms with Crippen molar-refractivity contribution in [1.29, 1.82) is 0 Å². The summed E-state index contributed by atoms with van der Waals surface area (Å²) in [6.07, 6.45) is 0.740. The van der Waals surface area contributed by atoms with Crippen molar-refractivity contribution in [2.24, 2.45) is 0 Å². The minimum atomic E-state index is -0.650. The average Bonchev–Trinajstić information content (AvgIpc) is 2.76. The van der Waals surface area contributed by atoms with Gasteiger partial charge in [-0.2, -0.15) is 0 Å². The van der Waals surface area contributed by atoms with Crippen LogP contribution in [0.5, 0.6) is 0 Å². The number of aromatic nitrogens is 2. The molecule has 4 nitrogen and oxygen atoms in total. The number of hydrogen-bond acceptors (Lipinski definition) is 3. The number of para-hydroxylation sites is 2. The van der Waals surface area contributed by atoms with Gasteiger partial charge in [0.25, 0.3) is 0 Å². The first-order valence-electron chi connectivity index (χ1n) is 6.94. The molecular formula is C15H23N3O. The highest BCUT2D eigenvalue weighted by Crippen LogP contribution is 2.16. The number of nitrogens with zero attached hydrogens (tertiary/aromatic N) is 2. The highest BCUT2D eigenvalue weighted by Gasteiger charge is 2.17. The number of fused-ring (bicyclic) bond motifs is 1. The van der Waals surface area contributed by atoms with Gasteiger partial charge in [-0.15, -0.1) is 0 Å². The molecule has 1 unspecified atom stereocenters. The predicted molar refractivity (Wildman–Crippen MR) is 78.0 cm³/mol. The van der Waals surface area contributed by atoms with E-state index >= 15 is 0 Å². The van der Waals surface area contributed by atoms with Crippen molar-refractivity contribution < 1.29 is 5.11 Å². The number of aryl methyl sites for hydroxylation is 1. The van der Waals surface area contributed by atoms with Gasteiger partial charge in [-0.1, -0.05) is 19.1 Å². The molecule has 0 aliphatic heterocycles. The molecule has 104 valence electrons. The van der Waals surface area contributed by atoms with Crippen LogP contribution in [0.3, 0.4) is 0 Å². The van der Waals surface area contributed by atoms with E-state index in [9.17, 15) is 5.11 Å². The van der Waals surface area contributed by atoms with Gasteiger partial charge in [0.15, 0.2) is 0 Å². The van der Waals surface area contributed by atoms with E-state index in [-0.39, 0.29) is 0 Å². The van der Waals surface area contributed by atoms with Crippen LogP contribution in [0.1, 0.15) is 33.0 Å². The largest absolute Gasteiger partial charge is 0.389 e. The minimum Gasteiger partial charge on any atom is -0.389 e. The Hall–Kier alpha value is -1.39. The Morgan fingerprint density at radius 3 is 2.74 bits per heavy atom. The maximum Gasteiger partial charge on any atom is 0.123 e. The molecule has 1 aromatic carbocycles. The monoisotopic (exact) mass is 261 g/mol. The Labute approximate surface area is 114 Å². The molecule has 0 bridgehead atoms. The van der Waals surface area contributed by atoms with Crippen molar-refractivity contribution >= 4 is 11.0 Å². The van der Waals surface area contributed by atoms with E-state index in [2.05, 4.69) is 27.9 Å². The zero-order valence-electron chi connectivity index (χ0n) is 12.0. The van der Waals surface area contributed by atoms with Crippen LogP contribution in [0.4, 0.5) is 0 Å². The molecule has 4 heteroatoms. The Morgan fingerprint density at radius 1 is 1.32 bits per heavy atom. The molecule has 1 heterocycles. The summed E-state index contributed by atoms with van der Waals surface area (Å²) in [4.78, 5) is 4.65. The number of benzene rings is 1. The number of rotatable bonds is 6. The van der Waals surface area contributed by atoms with Gasteiger partial charge in [0.1, 0.15) is 5.82 Å². The first kappa shape index (κ1) is 14.0. The summed E-state index contributed by atoms with van der Waals surface area (Å²) in [5.41, 5.74) is 1.55. The van der Waals surface area contributed by atoms with Crippen molar-refractivity contribution in [3.05, 3.63) is 30.1 Å². The van der Waals surface area contributed by atoms with Crippen LogP contribution in [-0.2, 0) is 13.1 Å². The molecule has 19 heavy (non-hydrogen) atoms. The van der Waals surface area contributed by atoms with Crippen LogP contribution in [0, 0.1) is 0 Å². The fourth-order valence-electron chi connectivity index (χ4n) is 2.18. The summed E-state index contributed by atoms with van der Waals surface area (Å²) in [5, 5.41) is 13.3. The van der Waals surface area contributed by atoms with Crippen molar-refractivity contribution in [2.75, 3.05) is 6.54 Å². The number of hydrogen-bond donors (Lipinski definition) is 2. The summed E-state index contributed by atoms with van der Waals surface area (Å²) in [6.45, 7) is 8.13. The second kappa shape index (κ2) is 5.72. The van der Waals surface area contributed by atoms with Crippen molar-refractivity contribution in [3.8, 4) is 0 Å². The standard InChI is InChI=1S/C15H23N3O/c1-4-15(3,19)11-16-10-14-17-12-8-6-7-9-13(12)18(14)5-2/h6-9,16,19H,4-5,10-11H2,1-3H3. The first-order chi connectivity index (χ1) is 9.07. The van der Waals surface area contributed by atoms with Gasteiger partial charge >= 0.3 is 0 Å². The molecule has 0 aliphatic carbocycles. The Morgan fingerprint density at radius 2 is 2.05 bits per heavy atom. The second-order valence-electron chi connectivity index (χ2n) is 5.22. The van der Waals surface area contributed by atoms with Gasteiger partial charge in [-0.25, -0.2) is 4.98 Å². The molecule has 2 aromatic rings. The lowest BCUT2D eigenvalue weighted by Crippen LogP contribution is -2.37. The summed E-state index contributed by atoms with van der Waals surface area (Å²) in [6, 6.07) is 8.18. The van der Waals surface area contributed by atoms with Crippen LogP contribution in [-0.4, -0.2) is 26.8 Å². The van der Waals surface area contributed by atoms with Crippen molar-refractivity contribution in [1.82, 2.24) is 14.9 Å². The number of imidazole rings is 1. The molecule has 0 fully saturated rings. The molecule has 0 radical (unpaired) electrons. The zero-order chi connectivity index (χ0) is 13.9. The van der Waals surface area contributed by atoms with E-state index in [1.54, 1.807) is 0 Å². The van der Waals surface area contributed by atoms with Crippen LogP contribution < -0.4 is 5.32 Å².